The van der Waals surface area contributed by atoms with E-state index in [9.17, 15) is 20.2 Å². The summed E-state index contributed by atoms with van der Waals surface area (Å²) < 4.78 is 17.9. The summed E-state index contributed by atoms with van der Waals surface area (Å²) in [5.74, 6) is 0. The third kappa shape index (κ3) is 3.93. The first-order valence-corrected chi connectivity index (χ1v) is 11.4. The highest BCUT2D eigenvalue weighted by Crippen LogP contribution is 2.45. The summed E-state index contributed by atoms with van der Waals surface area (Å²) in [6, 6.07) is 3.90. The van der Waals surface area contributed by atoms with Crippen LogP contribution >= 0.6 is 87.2 Å². The maximum absolute atomic E-state index is 10.9. The summed E-state index contributed by atoms with van der Waals surface area (Å²) in [6.07, 6.45) is 0. The molecule has 16 heteroatoms. The van der Waals surface area contributed by atoms with Gasteiger partial charge in [-0.05, 0) is 75.9 Å². The Bertz CT molecular complexity index is 1160. The topological polar surface area (TPSA) is 138 Å². The van der Waals surface area contributed by atoms with E-state index < -0.39 is 21.2 Å². The first kappa shape index (κ1) is 21.5. The maximum Gasteiger partial charge on any atom is 0.363 e. The van der Waals surface area contributed by atoms with Crippen molar-refractivity contribution in [1.29, 1.82) is 0 Å². The number of aromatic nitrogens is 4. The average Bonchev–Trinajstić information content (AvgIpc) is 3.31. The second-order valence-corrected chi connectivity index (χ2v) is 9.14. The van der Waals surface area contributed by atoms with Gasteiger partial charge in [-0.25, -0.2) is 0 Å². The number of nitro benzene ring substituents is 2. The van der Waals surface area contributed by atoms with Crippen molar-refractivity contribution in [2.24, 2.45) is 0 Å². The normalized spacial score (nSPS) is 10.7. The number of halogens is 4. The molecule has 0 bridgehead atoms. The van der Waals surface area contributed by atoms with Gasteiger partial charge in [0.15, 0.2) is 0 Å². The Morgan fingerprint density at radius 3 is 1.32 bits per heavy atom. The molecular formula is C12H2Br4N6O4S2. The molecule has 2 aromatic heterocycles. The smallest absolute Gasteiger partial charge is 0.258 e. The minimum Gasteiger partial charge on any atom is -0.258 e. The van der Waals surface area contributed by atoms with Crippen LogP contribution in [0.4, 0.5) is 11.4 Å². The van der Waals surface area contributed by atoms with Gasteiger partial charge in [0.1, 0.15) is 31.0 Å². The van der Waals surface area contributed by atoms with E-state index in [-0.39, 0.29) is 20.0 Å². The third-order valence-corrected chi connectivity index (χ3v) is 7.07. The summed E-state index contributed by atoms with van der Waals surface area (Å²) in [6.45, 7) is 0. The number of benzene rings is 2. The average molecular weight is 678 g/mol. The van der Waals surface area contributed by atoms with Crippen molar-refractivity contribution in [3.63, 3.8) is 0 Å². The molecule has 0 N–H and O–H groups in total. The summed E-state index contributed by atoms with van der Waals surface area (Å²) >= 11 is 14.7. The van der Waals surface area contributed by atoms with Crippen LogP contribution in [0.2, 0.25) is 0 Å². The number of nitro groups is 2. The molecule has 0 unspecified atom stereocenters. The molecule has 2 aromatic carbocycles. The van der Waals surface area contributed by atoms with Crippen LogP contribution in [-0.4, -0.2) is 27.3 Å². The number of nitrogens with zero attached hydrogens (tertiary/aromatic N) is 6. The predicted octanol–water partition coefficient (Wildman–Crippen LogP) is 6.25. The summed E-state index contributed by atoms with van der Waals surface area (Å²) in [5.41, 5.74) is 1.01. The predicted molar refractivity (Wildman–Crippen MR) is 119 cm³/mol. The Morgan fingerprint density at radius 1 is 0.679 bits per heavy atom. The Balaban J connectivity index is 0.000000176. The van der Waals surface area contributed by atoms with Crippen LogP contribution in [0.15, 0.2) is 30.0 Å². The van der Waals surface area contributed by atoms with Crippen LogP contribution in [0.25, 0.3) is 22.1 Å². The van der Waals surface area contributed by atoms with Gasteiger partial charge in [0.25, 0.3) is 0 Å². The Labute approximate surface area is 196 Å². The van der Waals surface area contributed by atoms with Crippen LogP contribution < -0.4 is 0 Å². The number of fused-ring (bicyclic) bond motifs is 2. The maximum atomic E-state index is 10.9. The largest absolute Gasteiger partial charge is 0.363 e. The zero-order valence-electron chi connectivity index (χ0n) is 12.8. The molecule has 0 saturated heterocycles. The van der Waals surface area contributed by atoms with Crippen LogP contribution in [0, 0.1) is 20.2 Å². The fraction of sp³-hybridized carbons (Fsp3) is 0. The van der Waals surface area contributed by atoms with Gasteiger partial charge < -0.3 is 0 Å². The van der Waals surface area contributed by atoms with Crippen LogP contribution in [0.3, 0.4) is 0 Å². The standard InChI is InChI=1S/C6Br2N4O4S.C6H2Br2N2S/c7-1-3-4(10-17-9-3)2(8)6(12(15)16)5(1)11(13)14;7-3-1-2-4(8)6-5(3)9-11-10-6/h;1-2H. The minimum atomic E-state index is -0.828. The Kier molecular flexibility index (Phi) is 6.65. The van der Waals surface area contributed by atoms with E-state index in [0.717, 1.165) is 31.7 Å². The second kappa shape index (κ2) is 8.66. The van der Waals surface area contributed by atoms with E-state index in [4.69, 9.17) is 0 Å². The van der Waals surface area contributed by atoms with Crippen LogP contribution in [-0.2, 0) is 0 Å². The molecule has 0 atom stereocenters. The van der Waals surface area contributed by atoms with Crippen molar-refractivity contribution >= 4 is 121 Å². The lowest BCUT2D eigenvalue weighted by Crippen LogP contribution is -1.99. The van der Waals surface area contributed by atoms with E-state index in [1.807, 2.05) is 12.1 Å². The third-order valence-electron chi connectivity index (χ3n) is 3.23. The molecule has 4 rings (SSSR count). The van der Waals surface area contributed by atoms with E-state index in [1.54, 1.807) is 0 Å². The Hall–Kier alpha value is -1.20. The lowest BCUT2D eigenvalue weighted by molar-refractivity contribution is -0.423. The molecule has 28 heavy (non-hydrogen) atoms. The van der Waals surface area contributed by atoms with Crippen molar-refractivity contribution in [3.8, 4) is 0 Å². The fourth-order valence-electron chi connectivity index (χ4n) is 2.05. The molecular weight excluding hydrogens is 676 g/mol. The summed E-state index contributed by atoms with van der Waals surface area (Å²) in [7, 11) is 0. The van der Waals surface area contributed by atoms with Gasteiger partial charge in [0, 0.05) is 8.95 Å². The van der Waals surface area contributed by atoms with Gasteiger partial charge >= 0.3 is 11.4 Å². The van der Waals surface area contributed by atoms with E-state index in [1.165, 1.54) is 11.7 Å². The second-order valence-electron chi connectivity index (χ2n) is 4.79. The quantitative estimate of drug-likeness (QED) is 0.179. The fourth-order valence-corrected chi connectivity index (χ4v) is 5.69. The monoisotopic (exact) mass is 674 g/mol. The number of hydrogen-bond donors (Lipinski definition) is 0. The molecule has 0 spiro atoms. The van der Waals surface area contributed by atoms with Gasteiger partial charge in [-0.15, -0.1) is 0 Å². The molecule has 0 saturated carbocycles. The zero-order chi connectivity index (χ0) is 20.6. The molecule has 4 aromatic rings. The highest BCUT2D eigenvalue weighted by Gasteiger charge is 2.35. The van der Waals surface area contributed by atoms with Crippen molar-refractivity contribution in [1.82, 2.24) is 17.5 Å². The molecule has 10 nitrogen and oxygen atoms in total. The molecule has 0 radical (unpaired) electrons. The first-order chi connectivity index (χ1) is 13.2. The van der Waals surface area contributed by atoms with Gasteiger partial charge in [-0.3, -0.25) is 20.2 Å². The molecule has 0 aliphatic rings. The molecule has 144 valence electrons. The molecule has 0 amide bonds. The van der Waals surface area contributed by atoms with Gasteiger partial charge in [-0.1, -0.05) is 0 Å². The first-order valence-electron chi connectivity index (χ1n) is 6.72. The van der Waals surface area contributed by atoms with Crippen LogP contribution in [0.5, 0.6) is 0 Å². The number of hydrogen-bond acceptors (Lipinski definition) is 10. The van der Waals surface area contributed by atoms with E-state index in [2.05, 4.69) is 81.2 Å². The molecule has 0 fully saturated rings. The van der Waals surface area contributed by atoms with Gasteiger partial charge in [0.05, 0.1) is 33.3 Å². The van der Waals surface area contributed by atoms with Crippen molar-refractivity contribution in [3.05, 3.63) is 50.3 Å². The SMILES string of the molecule is Brc1ccc(Br)c2nsnc12.O=[N+]([O-])c1c([N+](=O)[O-])c(Br)c2nsnc2c1Br. The van der Waals surface area contributed by atoms with Crippen molar-refractivity contribution in [2.45, 2.75) is 0 Å². The Morgan fingerprint density at radius 2 is 1.00 bits per heavy atom. The lowest BCUT2D eigenvalue weighted by Gasteiger charge is -2.00. The van der Waals surface area contributed by atoms with Gasteiger partial charge in [-0.2, -0.15) is 17.5 Å². The zero-order valence-corrected chi connectivity index (χ0v) is 20.8. The lowest BCUT2D eigenvalue weighted by atomic mass is 10.2. The molecule has 0 aliphatic heterocycles. The number of rotatable bonds is 2. The summed E-state index contributed by atoms with van der Waals surface area (Å²) in [5, 5.41) is 21.7. The van der Waals surface area contributed by atoms with Crippen molar-refractivity contribution in [2.75, 3.05) is 0 Å². The van der Waals surface area contributed by atoms with E-state index >= 15 is 0 Å². The van der Waals surface area contributed by atoms with E-state index in [0.29, 0.717) is 0 Å². The molecule has 2 heterocycles. The summed E-state index contributed by atoms with van der Waals surface area (Å²) in [4.78, 5) is 20.1. The van der Waals surface area contributed by atoms with Gasteiger partial charge in [0.2, 0.25) is 0 Å². The van der Waals surface area contributed by atoms with Crippen molar-refractivity contribution < 1.29 is 9.85 Å². The van der Waals surface area contributed by atoms with Crippen LogP contribution in [0.1, 0.15) is 0 Å². The highest BCUT2D eigenvalue weighted by atomic mass is 79.9. The molecule has 0 aliphatic carbocycles. The minimum absolute atomic E-state index is 0.0406. The highest BCUT2D eigenvalue weighted by molar-refractivity contribution is 9.11.